The second-order valence-corrected chi connectivity index (χ2v) is 10.00. The molecular formula is C29H29FN8O3. The Kier molecular flexibility index (Phi) is 7.30. The van der Waals surface area contributed by atoms with E-state index in [4.69, 9.17) is 4.74 Å². The highest BCUT2D eigenvalue weighted by atomic mass is 19.1. The Labute approximate surface area is 235 Å². The fourth-order valence-corrected chi connectivity index (χ4v) is 5.06. The molecule has 0 saturated carbocycles. The molecule has 0 radical (unpaired) electrons. The first-order valence-electron chi connectivity index (χ1n) is 13.4. The van der Waals surface area contributed by atoms with Gasteiger partial charge in [0.1, 0.15) is 17.8 Å². The number of benzene rings is 1. The molecule has 4 aromatic rings. The van der Waals surface area contributed by atoms with Crippen molar-refractivity contribution in [3.8, 4) is 11.3 Å². The second-order valence-electron chi connectivity index (χ2n) is 10.00. The molecule has 2 aliphatic rings. The molecule has 3 aromatic heterocycles. The number of halogens is 1. The second kappa shape index (κ2) is 11.3. The normalized spacial score (nSPS) is 15.4. The standard InChI is InChI=1S/C29H29FN8O3/c1-2-26(39)35-21-15-38(16-21)22-11-20(33-25(30)13-22)12-27(40)34-19-5-3-18(4-6-19)24-14-23-28(36-24)31-17-32-29(23)37-7-9-41-10-8-37/h2-6,11,13-14,17,21H,1,7-10,12,15-16H2,(H,34,40)(H,35,39)(H,31,32,36). The van der Waals surface area contributed by atoms with Crippen LogP contribution in [0.3, 0.4) is 0 Å². The lowest BCUT2D eigenvalue weighted by atomic mass is 10.1. The van der Waals surface area contributed by atoms with Gasteiger partial charge in [0, 0.05) is 49.3 Å². The van der Waals surface area contributed by atoms with Crippen LogP contribution in [0, 0.1) is 5.95 Å². The highest BCUT2D eigenvalue weighted by Gasteiger charge is 2.28. The molecule has 0 spiro atoms. The van der Waals surface area contributed by atoms with E-state index in [1.54, 1.807) is 12.4 Å². The number of pyridine rings is 1. The maximum atomic E-state index is 14.2. The van der Waals surface area contributed by atoms with Crippen LogP contribution in [0.1, 0.15) is 5.69 Å². The molecule has 11 nitrogen and oxygen atoms in total. The fraction of sp³-hybridized carbons (Fsp3) is 0.276. The smallest absolute Gasteiger partial charge is 0.243 e. The highest BCUT2D eigenvalue weighted by molar-refractivity contribution is 5.94. The summed E-state index contributed by atoms with van der Waals surface area (Å²) in [6.45, 7) is 7.42. The van der Waals surface area contributed by atoms with E-state index in [-0.39, 0.29) is 24.3 Å². The Bertz CT molecular complexity index is 1590. The molecule has 210 valence electrons. The van der Waals surface area contributed by atoms with Gasteiger partial charge in [-0.05, 0) is 35.9 Å². The number of aromatic amines is 1. The van der Waals surface area contributed by atoms with E-state index >= 15 is 0 Å². The highest BCUT2D eigenvalue weighted by Crippen LogP contribution is 2.30. The number of H-pyrrole nitrogens is 1. The summed E-state index contributed by atoms with van der Waals surface area (Å²) in [4.78, 5) is 44.5. The van der Waals surface area contributed by atoms with Gasteiger partial charge < -0.3 is 30.2 Å². The molecule has 2 amide bonds. The molecule has 2 aliphatic heterocycles. The predicted molar refractivity (Wildman–Crippen MR) is 153 cm³/mol. The van der Waals surface area contributed by atoms with E-state index in [0.717, 1.165) is 41.2 Å². The van der Waals surface area contributed by atoms with Crippen molar-refractivity contribution in [2.45, 2.75) is 12.5 Å². The van der Waals surface area contributed by atoms with Crippen LogP contribution >= 0.6 is 0 Å². The molecule has 0 unspecified atom stereocenters. The molecule has 41 heavy (non-hydrogen) atoms. The number of hydrogen-bond acceptors (Lipinski definition) is 8. The summed E-state index contributed by atoms with van der Waals surface area (Å²) in [5, 5.41) is 6.60. The van der Waals surface area contributed by atoms with Crippen molar-refractivity contribution in [1.82, 2.24) is 25.3 Å². The summed E-state index contributed by atoms with van der Waals surface area (Å²) in [5.74, 6) is -0.327. The van der Waals surface area contributed by atoms with E-state index in [9.17, 15) is 14.0 Å². The van der Waals surface area contributed by atoms with E-state index in [0.29, 0.717) is 43.4 Å². The maximum absolute atomic E-state index is 14.2. The zero-order valence-electron chi connectivity index (χ0n) is 22.3. The number of ether oxygens (including phenoxy) is 1. The number of nitrogens with one attached hydrogen (secondary N) is 3. The maximum Gasteiger partial charge on any atom is 0.243 e. The van der Waals surface area contributed by atoms with E-state index in [2.05, 4.69) is 42.0 Å². The third-order valence-corrected chi connectivity index (χ3v) is 7.15. The number of fused-ring (bicyclic) bond motifs is 1. The number of carbonyl (C=O) groups is 2. The van der Waals surface area contributed by atoms with Gasteiger partial charge in [0.15, 0.2) is 0 Å². The van der Waals surface area contributed by atoms with Crippen LogP contribution in [0.25, 0.3) is 22.3 Å². The van der Waals surface area contributed by atoms with Crippen LogP contribution < -0.4 is 20.4 Å². The number of hydrogen-bond donors (Lipinski definition) is 3. The zero-order valence-corrected chi connectivity index (χ0v) is 22.3. The van der Waals surface area contributed by atoms with Crippen LogP contribution in [-0.4, -0.2) is 77.2 Å². The summed E-state index contributed by atoms with van der Waals surface area (Å²) in [5.41, 5.74) is 4.13. The summed E-state index contributed by atoms with van der Waals surface area (Å²) >= 11 is 0. The molecule has 0 atom stereocenters. The number of aromatic nitrogens is 4. The Hall–Kier alpha value is -4.84. The molecule has 1 aromatic carbocycles. The number of morpholine rings is 1. The third-order valence-electron chi connectivity index (χ3n) is 7.15. The summed E-state index contributed by atoms with van der Waals surface area (Å²) < 4.78 is 19.7. The lowest BCUT2D eigenvalue weighted by molar-refractivity contribution is -0.117. The van der Waals surface area contributed by atoms with Gasteiger partial charge in [0.05, 0.1) is 36.8 Å². The largest absolute Gasteiger partial charge is 0.378 e. The van der Waals surface area contributed by atoms with Gasteiger partial charge in [0.25, 0.3) is 0 Å². The number of carbonyl (C=O) groups excluding carboxylic acids is 2. The molecule has 2 saturated heterocycles. The van der Waals surface area contributed by atoms with Crippen LogP contribution in [0.15, 0.2) is 61.4 Å². The minimum atomic E-state index is -0.659. The van der Waals surface area contributed by atoms with Crippen molar-refractivity contribution in [1.29, 1.82) is 0 Å². The first-order chi connectivity index (χ1) is 19.9. The molecule has 0 bridgehead atoms. The van der Waals surface area contributed by atoms with Crippen LogP contribution in [0.5, 0.6) is 0 Å². The van der Waals surface area contributed by atoms with Crippen molar-refractivity contribution >= 4 is 40.0 Å². The Morgan fingerprint density at radius 1 is 1.10 bits per heavy atom. The molecule has 6 rings (SSSR count). The minimum absolute atomic E-state index is 0.0319. The van der Waals surface area contributed by atoms with Crippen molar-refractivity contribution in [2.24, 2.45) is 0 Å². The van der Waals surface area contributed by atoms with Gasteiger partial charge in [0.2, 0.25) is 17.8 Å². The van der Waals surface area contributed by atoms with Crippen molar-refractivity contribution in [2.75, 3.05) is 54.5 Å². The van der Waals surface area contributed by atoms with Crippen molar-refractivity contribution < 1.29 is 18.7 Å². The molecule has 2 fully saturated rings. The fourth-order valence-electron chi connectivity index (χ4n) is 5.06. The molecule has 0 aliphatic carbocycles. The van der Waals surface area contributed by atoms with Crippen molar-refractivity contribution in [3.05, 3.63) is 73.1 Å². The molecule has 12 heteroatoms. The Morgan fingerprint density at radius 3 is 2.63 bits per heavy atom. The summed E-state index contributed by atoms with van der Waals surface area (Å²) in [6, 6.07) is 12.5. The van der Waals surface area contributed by atoms with Crippen LogP contribution in [0.2, 0.25) is 0 Å². The SMILES string of the molecule is C=CC(=O)NC1CN(c2cc(F)nc(CC(=O)Nc3ccc(-c4cc5c(N6CCOCC6)ncnc5[nH]4)cc3)c2)C1. The lowest BCUT2D eigenvalue weighted by Gasteiger charge is -2.41. The van der Waals surface area contributed by atoms with Gasteiger partial charge >= 0.3 is 0 Å². The number of amides is 2. The first-order valence-corrected chi connectivity index (χ1v) is 13.4. The molecule has 5 heterocycles. The average molecular weight is 557 g/mol. The third kappa shape index (κ3) is 5.87. The summed E-state index contributed by atoms with van der Waals surface area (Å²) in [7, 11) is 0. The first kappa shape index (κ1) is 26.4. The predicted octanol–water partition coefficient (Wildman–Crippen LogP) is 2.67. The molecule has 3 N–H and O–H groups in total. The van der Waals surface area contributed by atoms with Crippen LogP contribution in [0.4, 0.5) is 21.6 Å². The minimum Gasteiger partial charge on any atom is -0.378 e. The Balaban J connectivity index is 1.09. The van der Waals surface area contributed by atoms with Crippen LogP contribution in [-0.2, 0) is 20.7 Å². The number of anilines is 3. The Morgan fingerprint density at radius 2 is 1.88 bits per heavy atom. The van der Waals surface area contributed by atoms with Gasteiger partial charge in [-0.1, -0.05) is 18.7 Å². The topological polar surface area (TPSA) is 128 Å². The number of rotatable bonds is 8. The molecular weight excluding hydrogens is 527 g/mol. The monoisotopic (exact) mass is 556 g/mol. The van der Waals surface area contributed by atoms with Gasteiger partial charge in [-0.15, -0.1) is 0 Å². The average Bonchev–Trinajstić information content (AvgIpc) is 3.39. The quantitative estimate of drug-likeness (QED) is 0.223. The van der Waals surface area contributed by atoms with Gasteiger partial charge in [-0.3, -0.25) is 9.59 Å². The summed E-state index contributed by atoms with van der Waals surface area (Å²) in [6.07, 6.45) is 2.70. The van der Waals surface area contributed by atoms with E-state index in [1.165, 1.54) is 12.1 Å². The van der Waals surface area contributed by atoms with E-state index in [1.807, 2.05) is 35.2 Å². The van der Waals surface area contributed by atoms with Crippen molar-refractivity contribution in [3.63, 3.8) is 0 Å². The zero-order chi connectivity index (χ0) is 28.3. The van der Waals surface area contributed by atoms with E-state index < -0.39 is 5.95 Å². The lowest BCUT2D eigenvalue weighted by Crippen LogP contribution is -2.59. The van der Waals surface area contributed by atoms with Gasteiger partial charge in [-0.2, -0.15) is 4.39 Å². The number of nitrogens with zero attached hydrogens (tertiary/aromatic N) is 5. The van der Waals surface area contributed by atoms with Gasteiger partial charge in [-0.25, -0.2) is 15.0 Å².